The van der Waals surface area contributed by atoms with Crippen molar-refractivity contribution in [2.45, 2.75) is 18.6 Å². The number of anilines is 1. The first-order valence-corrected chi connectivity index (χ1v) is 7.80. The van der Waals surface area contributed by atoms with Gasteiger partial charge in [-0.15, -0.1) is 0 Å². The van der Waals surface area contributed by atoms with Crippen molar-refractivity contribution in [3.05, 3.63) is 53.1 Å². The van der Waals surface area contributed by atoms with Gasteiger partial charge in [0.05, 0.1) is 18.5 Å². The average molecular weight is 341 g/mol. The molecule has 2 unspecified atom stereocenters. The van der Waals surface area contributed by atoms with Crippen LogP contribution in [0.15, 0.2) is 35.6 Å². The van der Waals surface area contributed by atoms with E-state index in [1.807, 2.05) is 0 Å². The number of ether oxygens (including phenoxy) is 1. The summed E-state index contributed by atoms with van der Waals surface area (Å²) < 4.78 is 19.9. The van der Waals surface area contributed by atoms with E-state index >= 15 is 0 Å². The number of alkyl halides is 1. The zero-order valence-electron chi connectivity index (χ0n) is 13.5. The molecule has 1 spiro atoms. The van der Waals surface area contributed by atoms with Crippen LogP contribution >= 0.6 is 0 Å². The number of aliphatic imine (C=N–C) groups is 1. The Morgan fingerprint density at radius 3 is 2.96 bits per heavy atom. The van der Waals surface area contributed by atoms with Crippen molar-refractivity contribution in [3.63, 3.8) is 0 Å². The van der Waals surface area contributed by atoms with E-state index < -0.39 is 11.7 Å². The third-order valence-corrected chi connectivity index (χ3v) is 4.40. The number of halogens is 1. The normalized spacial score (nSPS) is 24.2. The van der Waals surface area contributed by atoms with E-state index in [1.165, 1.54) is 12.4 Å². The van der Waals surface area contributed by atoms with Crippen molar-refractivity contribution < 1.29 is 13.9 Å². The predicted octanol–water partition coefficient (Wildman–Crippen LogP) is 1.64. The average Bonchev–Trinajstić information content (AvgIpc) is 2.62. The van der Waals surface area contributed by atoms with Crippen LogP contribution in [-0.2, 0) is 10.3 Å². The van der Waals surface area contributed by atoms with E-state index in [9.17, 15) is 9.18 Å². The topological polar surface area (TPSA) is 102 Å². The molecule has 2 aliphatic rings. The highest BCUT2D eigenvalue weighted by Gasteiger charge is 2.54. The van der Waals surface area contributed by atoms with Crippen LogP contribution in [0.1, 0.15) is 33.5 Å². The van der Waals surface area contributed by atoms with Crippen LogP contribution in [0.2, 0.25) is 0 Å². The fraction of sp³-hybridized carbons (Fsp3) is 0.294. The summed E-state index contributed by atoms with van der Waals surface area (Å²) in [4.78, 5) is 24.6. The largest absolute Gasteiger partial charge is 0.385 e. The van der Waals surface area contributed by atoms with Crippen molar-refractivity contribution in [3.8, 4) is 0 Å². The van der Waals surface area contributed by atoms with E-state index in [1.54, 1.807) is 25.1 Å². The highest BCUT2D eigenvalue weighted by molar-refractivity contribution is 6.02. The molecule has 2 heterocycles. The van der Waals surface area contributed by atoms with Gasteiger partial charge in [-0.3, -0.25) is 14.8 Å². The van der Waals surface area contributed by atoms with Crippen LogP contribution in [0.3, 0.4) is 0 Å². The van der Waals surface area contributed by atoms with Gasteiger partial charge in [0.15, 0.2) is 6.17 Å². The van der Waals surface area contributed by atoms with E-state index in [0.29, 0.717) is 16.8 Å². The molecule has 1 aromatic heterocycles. The van der Waals surface area contributed by atoms with Crippen molar-refractivity contribution in [2.24, 2.45) is 10.7 Å². The number of amides is 1. The summed E-state index contributed by atoms with van der Waals surface area (Å²) >= 11 is 0. The number of aromatic nitrogens is 2. The van der Waals surface area contributed by atoms with Gasteiger partial charge in [0, 0.05) is 11.9 Å². The second kappa shape index (κ2) is 5.59. The number of fused-ring (bicyclic) bond motifs is 2. The lowest BCUT2D eigenvalue weighted by Gasteiger charge is -2.45. The maximum Gasteiger partial charge on any atom is 0.275 e. The minimum Gasteiger partial charge on any atom is -0.385 e. The lowest BCUT2D eigenvalue weighted by atomic mass is 9.69. The van der Waals surface area contributed by atoms with Gasteiger partial charge in [-0.05, 0) is 30.2 Å². The van der Waals surface area contributed by atoms with Gasteiger partial charge in [-0.2, -0.15) is 0 Å². The van der Waals surface area contributed by atoms with Crippen LogP contribution in [0.4, 0.5) is 10.1 Å². The summed E-state index contributed by atoms with van der Waals surface area (Å²) in [5.74, 6) is -0.121. The number of aryl methyl sites for hydroxylation is 1. The molecule has 2 aromatic rings. The number of carbonyl (C=O) groups is 1. The number of carbonyl (C=O) groups excluding carboxylic acids is 1. The van der Waals surface area contributed by atoms with E-state index in [2.05, 4.69) is 20.3 Å². The van der Waals surface area contributed by atoms with Gasteiger partial charge in [0.1, 0.15) is 23.7 Å². The Morgan fingerprint density at radius 2 is 2.24 bits per heavy atom. The van der Waals surface area contributed by atoms with Gasteiger partial charge < -0.3 is 15.8 Å². The molecule has 8 heteroatoms. The highest BCUT2D eigenvalue weighted by Crippen LogP contribution is 2.55. The molecule has 0 radical (unpaired) electrons. The van der Waals surface area contributed by atoms with Crippen LogP contribution in [0.25, 0.3) is 0 Å². The molecule has 1 aromatic carbocycles. The van der Waals surface area contributed by atoms with Crippen LogP contribution in [0.5, 0.6) is 0 Å². The van der Waals surface area contributed by atoms with Crippen molar-refractivity contribution in [1.29, 1.82) is 0 Å². The first-order chi connectivity index (χ1) is 12.0. The maximum atomic E-state index is 14.6. The third-order valence-electron chi connectivity index (χ3n) is 4.40. The van der Waals surface area contributed by atoms with E-state index in [4.69, 9.17) is 10.5 Å². The van der Waals surface area contributed by atoms with Gasteiger partial charge in [0.2, 0.25) is 0 Å². The zero-order valence-corrected chi connectivity index (χ0v) is 13.5. The summed E-state index contributed by atoms with van der Waals surface area (Å²) in [7, 11) is 0. The second-order valence-electron chi connectivity index (χ2n) is 6.18. The quantitative estimate of drug-likeness (QED) is 0.864. The molecule has 0 fully saturated rings. The number of nitrogens with one attached hydrogen (secondary N) is 1. The molecule has 128 valence electrons. The molecular formula is C17H16FN5O2. The molecule has 7 nitrogen and oxygen atoms in total. The van der Waals surface area contributed by atoms with E-state index in [0.717, 1.165) is 5.69 Å². The number of hydrogen-bond acceptors (Lipinski definition) is 6. The Bertz CT molecular complexity index is 883. The molecule has 1 aliphatic heterocycles. The van der Waals surface area contributed by atoms with Crippen LogP contribution in [0, 0.1) is 6.92 Å². The Morgan fingerprint density at radius 1 is 1.40 bits per heavy atom. The van der Waals surface area contributed by atoms with Gasteiger partial charge in [-0.25, -0.2) is 9.37 Å². The molecule has 0 saturated carbocycles. The second-order valence-corrected chi connectivity index (χ2v) is 6.18. The third kappa shape index (κ3) is 2.45. The predicted molar refractivity (Wildman–Crippen MR) is 89.1 cm³/mol. The van der Waals surface area contributed by atoms with Crippen molar-refractivity contribution in [1.82, 2.24) is 9.97 Å². The molecule has 2 atom stereocenters. The van der Waals surface area contributed by atoms with E-state index in [-0.39, 0.29) is 30.7 Å². The zero-order chi connectivity index (χ0) is 17.6. The van der Waals surface area contributed by atoms with Gasteiger partial charge >= 0.3 is 0 Å². The molecule has 3 N–H and O–H groups in total. The van der Waals surface area contributed by atoms with Crippen LogP contribution < -0.4 is 11.1 Å². The molecular weight excluding hydrogens is 325 g/mol. The minimum atomic E-state index is -1.27. The molecule has 1 amide bonds. The molecule has 4 rings (SSSR count). The SMILES string of the molecule is Cc1cnc(C(=O)Nc2ccc3c(c2)C2(COCC(N)=N2)C3F)cn1. The fourth-order valence-corrected chi connectivity index (χ4v) is 3.15. The van der Waals surface area contributed by atoms with Gasteiger partial charge in [-0.1, -0.05) is 6.07 Å². The maximum absolute atomic E-state index is 14.6. The number of hydrogen-bond donors (Lipinski definition) is 2. The summed E-state index contributed by atoms with van der Waals surface area (Å²) in [5, 5.41) is 2.74. The number of benzene rings is 1. The molecule has 25 heavy (non-hydrogen) atoms. The van der Waals surface area contributed by atoms with Crippen molar-refractivity contribution >= 4 is 17.4 Å². The Kier molecular flexibility index (Phi) is 3.50. The summed E-state index contributed by atoms with van der Waals surface area (Å²) in [6, 6.07) is 4.99. The lowest BCUT2D eigenvalue weighted by Crippen LogP contribution is -2.49. The lowest BCUT2D eigenvalue weighted by molar-refractivity contribution is 0.0253. The van der Waals surface area contributed by atoms with Crippen molar-refractivity contribution in [2.75, 3.05) is 18.5 Å². The first kappa shape index (κ1) is 15.6. The number of nitrogens with two attached hydrogens (primary N) is 1. The number of amidine groups is 1. The summed E-state index contributed by atoms with van der Waals surface area (Å²) in [6.07, 6.45) is 1.66. The molecule has 0 saturated heterocycles. The minimum absolute atomic E-state index is 0.128. The number of rotatable bonds is 2. The Labute approximate surface area is 143 Å². The molecule has 0 bridgehead atoms. The highest BCUT2D eigenvalue weighted by atomic mass is 19.1. The number of nitrogens with zero attached hydrogens (tertiary/aromatic N) is 3. The Balaban J connectivity index is 1.62. The fourth-order valence-electron chi connectivity index (χ4n) is 3.15. The Hall–Kier alpha value is -2.87. The summed E-state index contributed by atoms with van der Waals surface area (Å²) in [5.41, 5.74) is 7.28. The summed E-state index contributed by atoms with van der Waals surface area (Å²) in [6.45, 7) is 2.12. The smallest absolute Gasteiger partial charge is 0.275 e. The van der Waals surface area contributed by atoms with Gasteiger partial charge in [0.25, 0.3) is 5.91 Å². The molecule has 1 aliphatic carbocycles. The van der Waals surface area contributed by atoms with Crippen LogP contribution in [-0.4, -0.2) is 34.9 Å². The monoisotopic (exact) mass is 341 g/mol. The first-order valence-electron chi connectivity index (χ1n) is 7.80. The standard InChI is InChI=1S/C17H16FN5O2/c1-9-5-21-13(6-20-9)16(24)22-10-2-3-11-12(4-10)17(15(11)18)8-25-7-14(19)23-17/h2-6,15H,7-8H2,1H3,(H2,19,23)(H,22,24).